The van der Waals surface area contributed by atoms with Crippen molar-refractivity contribution in [3.8, 4) is 22.8 Å². The first-order chi connectivity index (χ1) is 14.9. The smallest absolute Gasteiger partial charge is 0.235 e. The molecule has 0 N–H and O–H groups in total. The first kappa shape index (κ1) is 21.3. The molecule has 0 saturated carbocycles. The van der Waals surface area contributed by atoms with E-state index in [-0.39, 0.29) is 17.8 Å². The Balaban J connectivity index is 1.86. The van der Waals surface area contributed by atoms with Gasteiger partial charge < -0.3 is 13.9 Å². The molecule has 4 rings (SSSR count). The van der Waals surface area contributed by atoms with E-state index in [1.165, 1.54) is 0 Å². The van der Waals surface area contributed by atoms with Crippen LogP contribution < -0.4 is 14.9 Å². The van der Waals surface area contributed by atoms with E-state index in [0.29, 0.717) is 38.1 Å². The van der Waals surface area contributed by atoms with Crippen LogP contribution in [0.5, 0.6) is 11.5 Å². The Labute approximate surface area is 189 Å². The molecule has 1 heterocycles. The summed E-state index contributed by atoms with van der Waals surface area (Å²) in [5.41, 5.74) is 3.68. The van der Waals surface area contributed by atoms with E-state index in [4.69, 9.17) is 37.1 Å². The van der Waals surface area contributed by atoms with Gasteiger partial charge in [0.2, 0.25) is 11.2 Å². The molecule has 31 heavy (non-hydrogen) atoms. The summed E-state index contributed by atoms with van der Waals surface area (Å²) in [6, 6.07) is 16.3. The van der Waals surface area contributed by atoms with Gasteiger partial charge in [-0.3, -0.25) is 4.79 Å². The maximum Gasteiger partial charge on any atom is 0.235 e. The van der Waals surface area contributed by atoms with Crippen molar-refractivity contribution in [2.75, 3.05) is 7.11 Å². The van der Waals surface area contributed by atoms with E-state index >= 15 is 0 Å². The summed E-state index contributed by atoms with van der Waals surface area (Å²) in [6.45, 7) is 4.01. The molecule has 0 fully saturated rings. The van der Waals surface area contributed by atoms with E-state index in [1.807, 2.05) is 50.2 Å². The molecule has 3 aromatic carbocycles. The molecule has 4 nitrogen and oxygen atoms in total. The SMILES string of the molecule is COc1ccc(-c2oc3c(C)cc(C)cc3c(=O)c2OCc2ccc(Cl)c(Cl)c2)cc1. The highest BCUT2D eigenvalue weighted by Crippen LogP contribution is 2.34. The lowest BCUT2D eigenvalue weighted by atomic mass is 10.1. The maximum atomic E-state index is 13.4. The van der Waals surface area contributed by atoms with Gasteiger partial charge in [-0.2, -0.15) is 0 Å². The fraction of sp³-hybridized carbons (Fsp3) is 0.160. The molecule has 0 atom stereocenters. The molecule has 4 aromatic rings. The molecular weight excluding hydrogens is 435 g/mol. The Kier molecular flexibility index (Phi) is 5.94. The van der Waals surface area contributed by atoms with Gasteiger partial charge in [0.1, 0.15) is 17.9 Å². The van der Waals surface area contributed by atoms with Crippen LogP contribution in [-0.4, -0.2) is 7.11 Å². The number of ether oxygens (including phenoxy) is 2. The molecule has 0 aliphatic heterocycles. The Hall–Kier alpha value is -2.95. The van der Waals surface area contributed by atoms with Gasteiger partial charge in [0.05, 0.1) is 22.5 Å². The van der Waals surface area contributed by atoms with Crippen LogP contribution in [0.1, 0.15) is 16.7 Å². The lowest BCUT2D eigenvalue weighted by Gasteiger charge is -2.14. The highest BCUT2D eigenvalue weighted by molar-refractivity contribution is 6.42. The molecule has 158 valence electrons. The van der Waals surface area contributed by atoms with Crippen molar-refractivity contribution in [3.63, 3.8) is 0 Å². The van der Waals surface area contributed by atoms with Gasteiger partial charge in [-0.1, -0.05) is 35.3 Å². The topological polar surface area (TPSA) is 48.7 Å². The van der Waals surface area contributed by atoms with Crippen molar-refractivity contribution in [2.24, 2.45) is 0 Å². The van der Waals surface area contributed by atoms with E-state index in [0.717, 1.165) is 16.7 Å². The third-order valence-electron chi connectivity index (χ3n) is 5.00. The standard InChI is InChI=1S/C25H20Cl2O4/c1-14-10-15(2)23-19(11-14)22(28)25(30-13-16-4-9-20(26)21(27)12-16)24(31-23)17-5-7-18(29-3)8-6-17/h4-12H,13H2,1-3H3. The fourth-order valence-electron chi connectivity index (χ4n) is 3.48. The Morgan fingerprint density at radius 1 is 0.935 bits per heavy atom. The average molecular weight is 455 g/mol. The first-order valence-corrected chi connectivity index (χ1v) is 10.4. The molecule has 0 spiro atoms. The summed E-state index contributed by atoms with van der Waals surface area (Å²) in [6.07, 6.45) is 0. The van der Waals surface area contributed by atoms with E-state index < -0.39 is 0 Å². The molecule has 0 amide bonds. The lowest BCUT2D eigenvalue weighted by molar-refractivity contribution is 0.298. The van der Waals surface area contributed by atoms with Gasteiger partial charge in [-0.15, -0.1) is 0 Å². The third kappa shape index (κ3) is 4.27. The number of hydrogen-bond donors (Lipinski definition) is 0. The highest BCUT2D eigenvalue weighted by Gasteiger charge is 2.19. The predicted octanol–water partition coefficient (Wildman–Crippen LogP) is 6.97. The summed E-state index contributed by atoms with van der Waals surface area (Å²) in [5, 5.41) is 1.37. The van der Waals surface area contributed by atoms with Gasteiger partial charge in [-0.05, 0) is 73.0 Å². The molecule has 6 heteroatoms. The van der Waals surface area contributed by atoms with Crippen molar-refractivity contribution in [1.29, 1.82) is 0 Å². The van der Waals surface area contributed by atoms with Crippen molar-refractivity contribution < 1.29 is 13.9 Å². The van der Waals surface area contributed by atoms with Crippen molar-refractivity contribution in [3.05, 3.63) is 91.6 Å². The zero-order chi connectivity index (χ0) is 22.1. The second-order valence-corrected chi connectivity index (χ2v) is 8.13. The summed E-state index contributed by atoms with van der Waals surface area (Å²) < 4.78 is 17.5. The van der Waals surface area contributed by atoms with Crippen molar-refractivity contribution in [1.82, 2.24) is 0 Å². The van der Waals surface area contributed by atoms with E-state index in [9.17, 15) is 4.79 Å². The molecule has 0 aliphatic carbocycles. The number of methoxy groups -OCH3 is 1. The predicted molar refractivity (Wildman–Crippen MR) is 125 cm³/mol. The zero-order valence-electron chi connectivity index (χ0n) is 17.3. The normalized spacial score (nSPS) is 11.0. The molecular formula is C25H20Cl2O4. The summed E-state index contributed by atoms with van der Waals surface area (Å²) in [4.78, 5) is 13.4. The maximum absolute atomic E-state index is 13.4. The number of rotatable bonds is 5. The van der Waals surface area contributed by atoms with Crippen LogP contribution in [0.3, 0.4) is 0 Å². The van der Waals surface area contributed by atoms with Crippen molar-refractivity contribution in [2.45, 2.75) is 20.5 Å². The second-order valence-electron chi connectivity index (χ2n) is 7.31. The molecule has 0 radical (unpaired) electrons. The number of fused-ring (bicyclic) bond motifs is 1. The molecule has 0 unspecified atom stereocenters. The molecule has 0 aliphatic rings. The summed E-state index contributed by atoms with van der Waals surface area (Å²) in [5.74, 6) is 1.22. The van der Waals surface area contributed by atoms with Crippen LogP contribution in [0.4, 0.5) is 0 Å². The van der Waals surface area contributed by atoms with Crippen LogP contribution in [0.25, 0.3) is 22.3 Å². The Bertz CT molecular complexity index is 1320. The van der Waals surface area contributed by atoms with Gasteiger partial charge in [-0.25, -0.2) is 0 Å². The lowest BCUT2D eigenvalue weighted by Crippen LogP contribution is -2.11. The van der Waals surface area contributed by atoms with Gasteiger partial charge in [0.15, 0.2) is 5.76 Å². The van der Waals surface area contributed by atoms with E-state index in [2.05, 4.69) is 0 Å². The average Bonchev–Trinajstić information content (AvgIpc) is 2.76. The Morgan fingerprint density at radius 3 is 2.35 bits per heavy atom. The minimum atomic E-state index is -0.223. The highest BCUT2D eigenvalue weighted by atomic mass is 35.5. The molecule has 0 bridgehead atoms. The zero-order valence-corrected chi connectivity index (χ0v) is 18.8. The summed E-state index contributed by atoms with van der Waals surface area (Å²) >= 11 is 12.1. The van der Waals surface area contributed by atoms with Crippen LogP contribution in [0.2, 0.25) is 10.0 Å². The Morgan fingerprint density at radius 2 is 1.68 bits per heavy atom. The second kappa shape index (κ2) is 8.66. The summed E-state index contributed by atoms with van der Waals surface area (Å²) in [7, 11) is 1.60. The molecule has 1 aromatic heterocycles. The number of hydrogen-bond acceptors (Lipinski definition) is 4. The first-order valence-electron chi connectivity index (χ1n) is 9.66. The minimum Gasteiger partial charge on any atom is -0.497 e. The van der Waals surface area contributed by atoms with E-state index in [1.54, 1.807) is 25.3 Å². The fourth-order valence-corrected chi connectivity index (χ4v) is 3.80. The van der Waals surface area contributed by atoms with Crippen LogP contribution in [-0.2, 0) is 6.61 Å². The van der Waals surface area contributed by atoms with Crippen LogP contribution in [0.15, 0.2) is 63.8 Å². The van der Waals surface area contributed by atoms with Crippen molar-refractivity contribution >= 4 is 34.2 Å². The van der Waals surface area contributed by atoms with Gasteiger partial charge in [0.25, 0.3) is 0 Å². The van der Waals surface area contributed by atoms with Crippen LogP contribution >= 0.6 is 23.2 Å². The third-order valence-corrected chi connectivity index (χ3v) is 5.74. The number of aryl methyl sites for hydroxylation is 2. The molecule has 0 saturated heterocycles. The monoisotopic (exact) mass is 454 g/mol. The minimum absolute atomic E-state index is 0.140. The largest absolute Gasteiger partial charge is 0.497 e. The van der Waals surface area contributed by atoms with Crippen LogP contribution in [0, 0.1) is 13.8 Å². The number of halogens is 2. The van der Waals surface area contributed by atoms with Gasteiger partial charge in [0, 0.05) is 5.56 Å². The quantitative estimate of drug-likeness (QED) is 0.326. The number of benzene rings is 3. The van der Waals surface area contributed by atoms with Gasteiger partial charge >= 0.3 is 0 Å².